The van der Waals surface area contributed by atoms with Gasteiger partial charge in [-0.15, -0.1) is 0 Å². The molecule has 0 heterocycles. The van der Waals surface area contributed by atoms with Crippen molar-refractivity contribution in [2.75, 3.05) is 17.6 Å². The fourth-order valence-electron chi connectivity index (χ4n) is 1.35. The molecule has 0 saturated carbocycles. The normalized spacial score (nSPS) is 11.2. The summed E-state index contributed by atoms with van der Waals surface area (Å²) in [5.74, 6) is -0.604. The van der Waals surface area contributed by atoms with E-state index in [1.165, 1.54) is 12.1 Å². The van der Waals surface area contributed by atoms with Crippen LogP contribution in [-0.4, -0.2) is 18.0 Å². The van der Waals surface area contributed by atoms with E-state index in [-0.39, 0.29) is 18.0 Å². The predicted octanol–water partition coefficient (Wildman–Crippen LogP) is 2.50. The topological polar surface area (TPSA) is 67.2 Å². The lowest BCUT2D eigenvalue weighted by Gasteiger charge is -2.21. The van der Waals surface area contributed by atoms with E-state index in [0.29, 0.717) is 15.8 Å². The summed E-state index contributed by atoms with van der Waals surface area (Å²) in [5.41, 5.74) is 6.20. The van der Waals surface area contributed by atoms with E-state index >= 15 is 0 Å². The molecule has 0 saturated heterocycles. The van der Waals surface area contributed by atoms with Crippen LogP contribution in [0.1, 0.15) is 20.8 Å². The monoisotopic (exact) mass is 317 g/mol. The summed E-state index contributed by atoms with van der Waals surface area (Å²) in [5, 5.41) is 5.60. The van der Waals surface area contributed by atoms with Crippen LogP contribution in [-0.2, 0) is 4.79 Å². The molecule has 0 bridgehead atoms. The Morgan fingerprint density at radius 3 is 2.61 bits per heavy atom. The molecule has 1 aromatic rings. The second-order valence-electron chi connectivity index (χ2n) is 5.01. The van der Waals surface area contributed by atoms with Gasteiger partial charge in [0.15, 0.2) is 0 Å². The second-order valence-corrected chi connectivity index (χ2v) is 5.86. The lowest BCUT2D eigenvalue weighted by atomic mass is 10.1. The molecular weight excluding hydrogens is 301 g/mol. The number of carbonyl (C=O) groups is 1. The zero-order valence-electron chi connectivity index (χ0n) is 10.6. The van der Waals surface area contributed by atoms with Gasteiger partial charge in [0.1, 0.15) is 5.82 Å². The smallest absolute Gasteiger partial charge is 0.239 e. The van der Waals surface area contributed by atoms with E-state index < -0.39 is 5.82 Å². The van der Waals surface area contributed by atoms with Gasteiger partial charge in [0.05, 0.1) is 22.4 Å². The van der Waals surface area contributed by atoms with Gasteiger partial charge >= 0.3 is 0 Å². The predicted molar refractivity (Wildman–Crippen MR) is 74.9 cm³/mol. The summed E-state index contributed by atoms with van der Waals surface area (Å²) in [6, 6.07) is 2.71. The number of nitrogens with two attached hydrogens (primary N) is 1. The molecule has 0 radical (unpaired) electrons. The van der Waals surface area contributed by atoms with Gasteiger partial charge in [0, 0.05) is 11.6 Å². The maximum atomic E-state index is 13.3. The number of rotatable bonds is 3. The summed E-state index contributed by atoms with van der Waals surface area (Å²) < 4.78 is 13.6. The molecule has 1 aromatic carbocycles. The fraction of sp³-hybridized carbons (Fsp3) is 0.417. The Bertz CT molecular complexity index is 457. The minimum Gasteiger partial charge on any atom is -0.397 e. The first kappa shape index (κ1) is 14.8. The first-order valence-electron chi connectivity index (χ1n) is 5.48. The summed E-state index contributed by atoms with van der Waals surface area (Å²) in [6.07, 6.45) is 0. The number of hydrogen-bond donors (Lipinski definition) is 3. The van der Waals surface area contributed by atoms with Gasteiger partial charge in [-0.2, -0.15) is 0 Å². The first-order chi connectivity index (χ1) is 8.19. The van der Waals surface area contributed by atoms with Crippen LogP contribution in [0.2, 0.25) is 0 Å². The molecule has 100 valence electrons. The zero-order valence-corrected chi connectivity index (χ0v) is 12.2. The second kappa shape index (κ2) is 5.56. The van der Waals surface area contributed by atoms with Crippen LogP contribution in [0.15, 0.2) is 16.6 Å². The van der Waals surface area contributed by atoms with E-state index in [4.69, 9.17) is 5.73 Å². The van der Waals surface area contributed by atoms with Gasteiger partial charge in [0.2, 0.25) is 5.91 Å². The molecule has 0 fully saturated rings. The van der Waals surface area contributed by atoms with Crippen LogP contribution < -0.4 is 16.4 Å². The molecule has 4 nitrogen and oxygen atoms in total. The van der Waals surface area contributed by atoms with Crippen LogP contribution in [0.3, 0.4) is 0 Å². The molecule has 0 aliphatic heterocycles. The van der Waals surface area contributed by atoms with Crippen LogP contribution in [0, 0.1) is 5.82 Å². The lowest BCUT2D eigenvalue weighted by Crippen LogP contribution is -2.43. The van der Waals surface area contributed by atoms with Gasteiger partial charge in [-0.3, -0.25) is 4.79 Å². The van der Waals surface area contributed by atoms with E-state index in [2.05, 4.69) is 26.6 Å². The Labute approximate surface area is 114 Å². The molecule has 0 spiro atoms. The molecule has 0 aliphatic carbocycles. The average Bonchev–Trinajstić information content (AvgIpc) is 2.19. The minimum absolute atomic E-state index is 0.0442. The highest BCUT2D eigenvalue weighted by Crippen LogP contribution is 2.26. The lowest BCUT2D eigenvalue weighted by molar-refractivity contribution is -0.120. The highest BCUT2D eigenvalue weighted by atomic mass is 79.9. The van der Waals surface area contributed by atoms with Crippen molar-refractivity contribution in [1.29, 1.82) is 0 Å². The van der Waals surface area contributed by atoms with Crippen LogP contribution >= 0.6 is 15.9 Å². The Hall–Kier alpha value is -1.30. The van der Waals surface area contributed by atoms with Gasteiger partial charge in [0.25, 0.3) is 0 Å². The van der Waals surface area contributed by atoms with Gasteiger partial charge in [-0.1, -0.05) is 0 Å². The Balaban J connectivity index is 2.64. The Kier molecular flexibility index (Phi) is 4.56. The van der Waals surface area contributed by atoms with Crippen molar-refractivity contribution in [2.45, 2.75) is 26.3 Å². The van der Waals surface area contributed by atoms with Gasteiger partial charge in [-0.05, 0) is 42.8 Å². The summed E-state index contributed by atoms with van der Waals surface area (Å²) in [4.78, 5) is 11.6. The molecule has 0 aliphatic rings. The Morgan fingerprint density at radius 2 is 2.06 bits per heavy atom. The number of halogens is 2. The largest absolute Gasteiger partial charge is 0.397 e. The van der Waals surface area contributed by atoms with E-state index in [0.717, 1.165) is 0 Å². The first-order valence-corrected chi connectivity index (χ1v) is 6.28. The average molecular weight is 318 g/mol. The third-order valence-electron chi connectivity index (χ3n) is 2.05. The highest BCUT2D eigenvalue weighted by molar-refractivity contribution is 9.10. The van der Waals surface area contributed by atoms with Crippen LogP contribution in [0.5, 0.6) is 0 Å². The van der Waals surface area contributed by atoms with Gasteiger partial charge in [-0.25, -0.2) is 4.39 Å². The van der Waals surface area contributed by atoms with Crippen molar-refractivity contribution in [3.8, 4) is 0 Å². The number of nitrogen functional groups attached to an aromatic ring is 1. The van der Waals surface area contributed by atoms with E-state index in [1.54, 1.807) is 0 Å². The van der Waals surface area contributed by atoms with Crippen molar-refractivity contribution in [3.05, 3.63) is 22.4 Å². The maximum absolute atomic E-state index is 13.3. The number of nitrogens with one attached hydrogen (secondary N) is 2. The van der Waals surface area contributed by atoms with Crippen molar-refractivity contribution in [3.63, 3.8) is 0 Å². The molecule has 0 atom stereocenters. The minimum atomic E-state index is -0.428. The van der Waals surface area contributed by atoms with Crippen molar-refractivity contribution < 1.29 is 9.18 Å². The number of amides is 1. The molecular formula is C12H17BrFN3O. The summed E-state index contributed by atoms with van der Waals surface area (Å²) >= 11 is 3.04. The standard InChI is InChI=1S/C12H17BrFN3O/c1-12(2,3)17-11(18)6-16-10-5-8(14)7(13)4-9(10)15/h4-5,16H,6,15H2,1-3H3,(H,17,18). The Morgan fingerprint density at radius 1 is 1.44 bits per heavy atom. The third kappa shape index (κ3) is 4.52. The SMILES string of the molecule is CC(C)(C)NC(=O)CNc1cc(F)c(Br)cc1N. The van der Waals surface area contributed by atoms with E-state index in [9.17, 15) is 9.18 Å². The van der Waals surface area contributed by atoms with Crippen molar-refractivity contribution in [1.82, 2.24) is 5.32 Å². The van der Waals surface area contributed by atoms with Gasteiger partial charge < -0.3 is 16.4 Å². The fourth-order valence-corrected chi connectivity index (χ4v) is 1.71. The molecule has 0 unspecified atom stereocenters. The molecule has 6 heteroatoms. The number of benzene rings is 1. The third-order valence-corrected chi connectivity index (χ3v) is 2.65. The molecule has 4 N–H and O–H groups in total. The molecule has 1 amide bonds. The quantitative estimate of drug-likeness (QED) is 0.750. The highest BCUT2D eigenvalue weighted by Gasteiger charge is 2.14. The van der Waals surface area contributed by atoms with Crippen molar-refractivity contribution in [2.24, 2.45) is 0 Å². The number of hydrogen-bond acceptors (Lipinski definition) is 3. The summed E-state index contributed by atoms with van der Waals surface area (Å²) in [7, 11) is 0. The maximum Gasteiger partial charge on any atom is 0.239 e. The van der Waals surface area contributed by atoms with Crippen molar-refractivity contribution >= 4 is 33.2 Å². The number of anilines is 2. The molecule has 1 rings (SSSR count). The van der Waals surface area contributed by atoms with E-state index in [1.807, 2.05) is 20.8 Å². The number of carbonyl (C=O) groups excluding carboxylic acids is 1. The van der Waals surface area contributed by atoms with Crippen LogP contribution in [0.25, 0.3) is 0 Å². The zero-order chi connectivity index (χ0) is 13.9. The molecule has 18 heavy (non-hydrogen) atoms. The summed E-state index contributed by atoms with van der Waals surface area (Å²) in [6.45, 7) is 5.71. The molecule has 0 aromatic heterocycles. The van der Waals surface area contributed by atoms with Crippen LogP contribution in [0.4, 0.5) is 15.8 Å².